The number of allylic oxidation sites excluding steroid dienone is 4. The van der Waals surface area contributed by atoms with Gasteiger partial charge in [-0.15, -0.1) is 0 Å². The van der Waals surface area contributed by atoms with Crippen molar-refractivity contribution >= 4 is 5.57 Å². The molecule has 1 unspecified atom stereocenters. The molecule has 0 aromatic heterocycles. The number of alkyl halides is 2. The Bertz CT molecular complexity index is 892. The van der Waals surface area contributed by atoms with Gasteiger partial charge in [0, 0.05) is 12.0 Å². The van der Waals surface area contributed by atoms with E-state index in [1.807, 2.05) is 0 Å². The molecule has 200 valence electrons. The van der Waals surface area contributed by atoms with Gasteiger partial charge in [0.05, 0.1) is 6.61 Å². The first-order chi connectivity index (χ1) is 17.5. The van der Waals surface area contributed by atoms with Gasteiger partial charge in [-0.3, -0.25) is 0 Å². The molecule has 0 N–H and O–H groups in total. The van der Waals surface area contributed by atoms with E-state index in [1.165, 1.54) is 63.5 Å². The smallest absolute Gasteiger partial charge is 0.241 e. The topological polar surface area (TPSA) is 9.23 Å². The minimum absolute atomic E-state index is 0.278. The number of benzene rings is 1. The molecule has 0 saturated heterocycles. The van der Waals surface area contributed by atoms with Gasteiger partial charge >= 0.3 is 0 Å². The summed E-state index contributed by atoms with van der Waals surface area (Å²) in [5.74, 6) is 1.67. The first kappa shape index (κ1) is 27.3. The van der Waals surface area contributed by atoms with Gasteiger partial charge in [-0.05, 0) is 124 Å². The van der Waals surface area contributed by atoms with E-state index in [4.69, 9.17) is 4.74 Å². The summed E-state index contributed by atoms with van der Waals surface area (Å²) in [7, 11) is 0. The molecule has 0 bridgehead atoms. The maximum absolute atomic E-state index is 14.7. The standard InChI is InChI=1S/C31H42F4O/c1-2-3-4-21-5-7-22(8-6-21)23-9-11-24(12-10-23)25-13-15-26(16-14-25)27-17-18-28(31(35)30(27)34)36-20-19-29(32)33/h3-4,15,17-18,21-25,29H,2,5-14,16,19-20H2,1H3/b4-3+. The highest BCUT2D eigenvalue weighted by atomic mass is 19.3. The average Bonchev–Trinajstić information content (AvgIpc) is 2.90. The van der Waals surface area contributed by atoms with Crippen molar-refractivity contribution in [2.45, 2.75) is 96.8 Å². The maximum atomic E-state index is 14.7. The molecule has 0 aliphatic heterocycles. The van der Waals surface area contributed by atoms with Crippen LogP contribution in [-0.4, -0.2) is 13.0 Å². The second-order valence-electron chi connectivity index (χ2n) is 11.2. The van der Waals surface area contributed by atoms with E-state index in [-0.39, 0.29) is 17.9 Å². The molecule has 1 nitrogen and oxygen atoms in total. The molecule has 36 heavy (non-hydrogen) atoms. The lowest BCUT2D eigenvalue weighted by Crippen LogP contribution is -2.28. The van der Waals surface area contributed by atoms with Crippen molar-refractivity contribution in [2.24, 2.45) is 29.6 Å². The number of hydrogen-bond donors (Lipinski definition) is 0. The number of hydrogen-bond acceptors (Lipinski definition) is 1. The van der Waals surface area contributed by atoms with Crippen molar-refractivity contribution in [1.82, 2.24) is 0 Å². The van der Waals surface area contributed by atoms with Crippen LogP contribution in [0, 0.1) is 41.2 Å². The molecule has 1 atom stereocenters. The number of ether oxygens (including phenoxy) is 1. The highest BCUT2D eigenvalue weighted by molar-refractivity contribution is 5.67. The lowest BCUT2D eigenvalue weighted by atomic mass is 9.66. The molecular weight excluding hydrogens is 464 g/mol. The summed E-state index contributed by atoms with van der Waals surface area (Å²) >= 11 is 0. The zero-order chi connectivity index (χ0) is 25.5. The van der Waals surface area contributed by atoms with E-state index in [0.717, 1.165) is 54.9 Å². The summed E-state index contributed by atoms with van der Waals surface area (Å²) in [5, 5.41) is 0. The Labute approximate surface area is 214 Å². The largest absolute Gasteiger partial charge is 0.490 e. The molecule has 0 radical (unpaired) electrons. The highest BCUT2D eigenvalue weighted by Gasteiger charge is 2.33. The molecule has 1 aromatic rings. The summed E-state index contributed by atoms with van der Waals surface area (Å²) in [6, 6.07) is 2.89. The van der Waals surface area contributed by atoms with Gasteiger partial charge in [0.1, 0.15) is 0 Å². The van der Waals surface area contributed by atoms with E-state index in [0.29, 0.717) is 5.92 Å². The van der Waals surface area contributed by atoms with Gasteiger partial charge < -0.3 is 4.74 Å². The van der Waals surface area contributed by atoms with Crippen LogP contribution < -0.4 is 4.74 Å². The van der Waals surface area contributed by atoms with Gasteiger partial charge in [-0.2, -0.15) is 4.39 Å². The fourth-order valence-electron chi connectivity index (χ4n) is 6.90. The summed E-state index contributed by atoms with van der Waals surface area (Å²) in [6.07, 6.45) is 18.5. The lowest BCUT2D eigenvalue weighted by molar-refractivity contribution is 0.112. The van der Waals surface area contributed by atoms with Crippen molar-refractivity contribution in [2.75, 3.05) is 6.61 Å². The first-order valence-corrected chi connectivity index (χ1v) is 14.2. The molecule has 3 aliphatic carbocycles. The van der Waals surface area contributed by atoms with Crippen LogP contribution in [0.5, 0.6) is 5.75 Å². The van der Waals surface area contributed by atoms with Gasteiger partial charge in [-0.25, -0.2) is 13.2 Å². The predicted molar refractivity (Wildman–Crippen MR) is 138 cm³/mol. The maximum Gasteiger partial charge on any atom is 0.241 e. The van der Waals surface area contributed by atoms with Gasteiger partial charge in [-0.1, -0.05) is 25.2 Å². The fraction of sp³-hybridized carbons (Fsp3) is 0.677. The van der Waals surface area contributed by atoms with Crippen molar-refractivity contribution in [3.63, 3.8) is 0 Å². The quantitative estimate of drug-likeness (QED) is 0.239. The third-order valence-corrected chi connectivity index (χ3v) is 9.05. The summed E-state index contributed by atoms with van der Waals surface area (Å²) in [4.78, 5) is 0. The Morgan fingerprint density at radius 3 is 2.08 bits per heavy atom. The molecule has 0 spiro atoms. The molecule has 3 aliphatic rings. The molecule has 0 amide bonds. The van der Waals surface area contributed by atoms with Crippen LogP contribution in [0.15, 0.2) is 30.4 Å². The third kappa shape index (κ3) is 6.95. The molecule has 2 saturated carbocycles. The van der Waals surface area contributed by atoms with E-state index in [2.05, 4.69) is 25.2 Å². The summed E-state index contributed by atoms with van der Waals surface area (Å²) in [5.41, 5.74) is 1.13. The molecule has 0 heterocycles. The molecule has 5 heteroatoms. The number of halogens is 4. The zero-order valence-electron chi connectivity index (χ0n) is 21.7. The van der Waals surface area contributed by atoms with Gasteiger partial charge in [0.2, 0.25) is 12.2 Å². The summed E-state index contributed by atoms with van der Waals surface area (Å²) in [6.45, 7) is 1.87. The Balaban J connectivity index is 1.25. The normalized spacial score (nSPS) is 29.5. The summed E-state index contributed by atoms with van der Waals surface area (Å²) < 4.78 is 58.8. The van der Waals surface area contributed by atoms with E-state index < -0.39 is 24.5 Å². The molecule has 4 rings (SSSR count). The van der Waals surface area contributed by atoms with Crippen molar-refractivity contribution in [3.05, 3.63) is 47.6 Å². The Morgan fingerprint density at radius 1 is 0.861 bits per heavy atom. The van der Waals surface area contributed by atoms with E-state index >= 15 is 0 Å². The Hall–Kier alpha value is -1.78. The second kappa shape index (κ2) is 13.1. The Morgan fingerprint density at radius 2 is 1.50 bits per heavy atom. The van der Waals surface area contributed by atoms with Crippen LogP contribution in [0.3, 0.4) is 0 Å². The van der Waals surface area contributed by atoms with Crippen molar-refractivity contribution < 1.29 is 22.3 Å². The van der Waals surface area contributed by atoms with Gasteiger partial charge in [0.15, 0.2) is 11.6 Å². The first-order valence-electron chi connectivity index (χ1n) is 14.2. The fourth-order valence-corrected chi connectivity index (χ4v) is 6.90. The minimum Gasteiger partial charge on any atom is -0.490 e. The van der Waals surface area contributed by atoms with Crippen LogP contribution in [0.2, 0.25) is 0 Å². The van der Waals surface area contributed by atoms with Crippen LogP contribution >= 0.6 is 0 Å². The second-order valence-corrected chi connectivity index (χ2v) is 11.2. The lowest BCUT2D eigenvalue weighted by Gasteiger charge is -2.40. The number of rotatable bonds is 9. The highest BCUT2D eigenvalue weighted by Crippen LogP contribution is 2.46. The van der Waals surface area contributed by atoms with Crippen LogP contribution in [0.4, 0.5) is 17.6 Å². The van der Waals surface area contributed by atoms with Crippen molar-refractivity contribution in [3.8, 4) is 5.75 Å². The van der Waals surface area contributed by atoms with Gasteiger partial charge in [0.25, 0.3) is 0 Å². The van der Waals surface area contributed by atoms with Crippen molar-refractivity contribution in [1.29, 1.82) is 0 Å². The monoisotopic (exact) mass is 506 g/mol. The molecular formula is C31H42F4O. The predicted octanol–water partition coefficient (Wildman–Crippen LogP) is 9.76. The Kier molecular flexibility index (Phi) is 9.95. The molecule has 2 fully saturated rings. The van der Waals surface area contributed by atoms with E-state index in [9.17, 15) is 17.6 Å². The van der Waals surface area contributed by atoms with E-state index in [1.54, 1.807) is 0 Å². The minimum atomic E-state index is -2.53. The van der Waals surface area contributed by atoms with Crippen LogP contribution in [0.1, 0.15) is 96.0 Å². The average molecular weight is 507 g/mol. The van der Waals surface area contributed by atoms with Crippen LogP contribution in [0.25, 0.3) is 5.57 Å². The zero-order valence-corrected chi connectivity index (χ0v) is 21.7. The molecule has 1 aromatic carbocycles. The third-order valence-electron chi connectivity index (χ3n) is 9.05. The SMILES string of the molecule is CC/C=C/C1CCC(C2CCC(C3CC=C(c4ccc(OCCC(F)F)c(F)c4F)CC3)CC2)CC1. The van der Waals surface area contributed by atoms with Crippen LogP contribution in [-0.2, 0) is 0 Å².